The van der Waals surface area contributed by atoms with E-state index in [9.17, 15) is 0 Å². The second kappa shape index (κ2) is 6.72. The third-order valence-electron chi connectivity index (χ3n) is 3.94. The summed E-state index contributed by atoms with van der Waals surface area (Å²) in [6, 6.07) is 4.00. The molecule has 0 amide bonds. The van der Waals surface area contributed by atoms with E-state index in [2.05, 4.69) is 19.4 Å². The molecule has 2 aromatic rings. The van der Waals surface area contributed by atoms with Crippen LogP contribution in [0.25, 0.3) is 0 Å². The normalized spacial score (nSPS) is 17.0. The van der Waals surface area contributed by atoms with E-state index in [1.165, 1.54) is 0 Å². The lowest BCUT2D eigenvalue weighted by molar-refractivity contribution is 0.0949. The second-order valence-corrected chi connectivity index (χ2v) is 5.63. The molecule has 3 rings (SSSR count). The van der Waals surface area contributed by atoms with Gasteiger partial charge in [-0.05, 0) is 25.3 Å². The average molecular weight is 286 g/mol. The molecule has 0 aliphatic carbocycles. The molecular weight excluding hydrogens is 264 g/mol. The molecule has 21 heavy (non-hydrogen) atoms. The number of nitrogens with zero attached hydrogens (tertiary/aromatic N) is 4. The number of hydrogen-bond donors (Lipinski definition) is 0. The predicted octanol–water partition coefficient (Wildman–Crippen LogP) is 2.13. The minimum Gasteiger partial charge on any atom is -0.474 e. The Hall–Kier alpha value is -1.88. The number of pyridine rings is 1. The molecule has 112 valence electrons. The van der Waals surface area contributed by atoms with E-state index in [4.69, 9.17) is 4.74 Å². The largest absolute Gasteiger partial charge is 0.474 e. The van der Waals surface area contributed by atoms with Crippen molar-refractivity contribution in [3.8, 4) is 5.88 Å². The summed E-state index contributed by atoms with van der Waals surface area (Å²) >= 11 is 0. The van der Waals surface area contributed by atoms with Crippen LogP contribution in [-0.4, -0.2) is 45.2 Å². The van der Waals surface area contributed by atoms with Crippen molar-refractivity contribution in [3.05, 3.63) is 42.6 Å². The highest BCUT2D eigenvalue weighted by atomic mass is 16.5. The van der Waals surface area contributed by atoms with Crippen LogP contribution in [0.2, 0.25) is 0 Å². The molecule has 1 saturated heterocycles. The van der Waals surface area contributed by atoms with Gasteiger partial charge < -0.3 is 14.2 Å². The molecule has 0 unspecified atom stereocenters. The van der Waals surface area contributed by atoms with Gasteiger partial charge in [0.05, 0.1) is 6.33 Å². The highest BCUT2D eigenvalue weighted by Crippen LogP contribution is 2.17. The van der Waals surface area contributed by atoms with Crippen molar-refractivity contribution in [1.29, 1.82) is 0 Å². The van der Waals surface area contributed by atoms with E-state index in [0.29, 0.717) is 6.10 Å². The SMILES string of the molecule is Cc1ccc(OC2CCN(CCn3ccnc3)CC2)nc1. The first kappa shape index (κ1) is 14.1. The van der Waals surface area contributed by atoms with Crippen molar-refractivity contribution in [2.24, 2.45) is 0 Å². The molecule has 0 spiro atoms. The number of hydrogen-bond acceptors (Lipinski definition) is 4. The van der Waals surface area contributed by atoms with Gasteiger partial charge in [0.25, 0.3) is 0 Å². The third-order valence-corrected chi connectivity index (χ3v) is 3.94. The molecule has 0 radical (unpaired) electrons. The fourth-order valence-corrected chi connectivity index (χ4v) is 2.62. The maximum Gasteiger partial charge on any atom is 0.213 e. The van der Waals surface area contributed by atoms with Gasteiger partial charge in [0.1, 0.15) is 6.10 Å². The van der Waals surface area contributed by atoms with Crippen LogP contribution in [0.4, 0.5) is 0 Å². The zero-order valence-electron chi connectivity index (χ0n) is 12.5. The molecule has 1 aliphatic rings. The highest BCUT2D eigenvalue weighted by molar-refractivity contribution is 5.16. The van der Waals surface area contributed by atoms with E-state index in [-0.39, 0.29) is 0 Å². The molecule has 0 N–H and O–H groups in total. The molecule has 0 saturated carbocycles. The van der Waals surface area contributed by atoms with E-state index < -0.39 is 0 Å². The Labute approximate surface area is 125 Å². The summed E-state index contributed by atoms with van der Waals surface area (Å²) in [5.74, 6) is 0.748. The zero-order valence-corrected chi connectivity index (χ0v) is 12.5. The predicted molar refractivity (Wildman–Crippen MR) is 81.3 cm³/mol. The fraction of sp³-hybridized carbons (Fsp3) is 0.500. The lowest BCUT2D eigenvalue weighted by atomic mass is 10.1. The van der Waals surface area contributed by atoms with Gasteiger partial charge in [-0.25, -0.2) is 9.97 Å². The molecule has 0 aromatic carbocycles. The van der Waals surface area contributed by atoms with Crippen LogP contribution in [0.5, 0.6) is 5.88 Å². The Balaban J connectivity index is 1.41. The van der Waals surface area contributed by atoms with Crippen molar-refractivity contribution < 1.29 is 4.74 Å². The Kier molecular flexibility index (Phi) is 4.50. The Morgan fingerprint density at radius 1 is 1.24 bits per heavy atom. The summed E-state index contributed by atoms with van der Waals surface area (Å²) in [5, 5.41) is 0. The smallest absolute Gasteiger partial charge is 0.213 e. The van der Waals surface area contributed by atoms with E-state index in [0.717, 1.165) is 50.5 Å². The topological polar surface area (TPSA) is 43.2 Å². The van der Waals surface area contributed by atoms with Gasteiger partial charge >= 0.3 is 0 Å². The van der Waals surface area contributed by atoms with Crippen LogP contribution >= 0.6 is 0 Å². The van der Waals surface area contributed by atoms with Gasteiger partial charge in [-0.15, -0.1) is 0 Å². The number of aromatic nitrogens is 3. The number of likely N-dealkylation sites (tertiary alicyclic amines) is 1. The molecule has 0 atom stereocenters. The summed E-state index contributed by atoms with van der Waals surface area (Å²) in [7, 11) is 0. The summed E-state index contributed by atoms with van der Waals surface area (Å²) < 4.78 is 8.08. The summed E-state index contributed by atoms with van der Waals surface area (Å²) in [4.78, 5) is 10.9. The number of rotatable bonds is 5. The minimum atomic E-state index is 0.296. The number of aryl methyl sites for hydroxylation is 1. The van der Waals surface area contributed by atoms with Gasteiger partial charge in [-0.3, -0.25) is 0 Å². The van der Waals surface area contributed by atoms with Crippen LogP contribution < -0.4 is 4.74 Å². The maximum atomic E-state index is 5.96. The van der Waals surface area contributed by atoms with Crippen LogP contribution in [0.3, 0.4) is 0 Å². The Bertz CT molecular complexity index is 530. The van der Waals surface area contributed by atoms with Crippen LogP contribution in [0.15, 0.2) is 37.1 Å². The van der Waals surface area contributed by atoms with Crippen molar-refractivity contribution in [3.63, 3.8) is 0 Å². The van der Waals surface area contributed by atoms with Crippen molar-refractivity contribution in [1.82, 2.24) is 19.4 Å². The molecule has 2 aromatic heterocycles. The molecule has 1 fully saturated rings. The first-order valence-electron chi connectivity index (χ1n) is 7.57. The molecular formula is C16H22N4O. The van der Waals surface area contributed by atoms with Gasteiger partial charge in [0.2, 0.25) is 5.88 Å². The first-order valence-corrected chi connectivity index (χ1v) is 7.57. The van der Waals surface area contributed by atoms with E-state index in [1.807, 2.05) is 44.0 Å². The Morgan fingerprint density at radius 2 is 2.10 bits per heavy atom. The summed E-state index contributed by atoms with van der Waals surface area (Å²) in [6.07, 6.45) is 10.0. The fourth-order valence-electron chi connectivity index (χ4n) is 2.62. The van der Waals surface area contributed by atoms with Crippen LogP contribution in [-0.2, 0) is 6.54 Å². The standard InChI is InChI=1S/C16H22N4O/c1-14-2-3-16(18-12-14)21-15-4-7-19(8-5-15)10-11-20-9-6-17-13-20/h2-3,6,9,12-13,15H,4-5,7-8,10-11H2,1H3. The number of piperidine rings is 1. The quantitative estimate of drug-likeness (QED) is 0.844. The first-order chi connectivity index (χ1) is 10.3. The maximum absolute atomic E-state index is 5.96. The highest BCUT2D eigenvalue weighted by Gasteiger charge is 2.20. The van der Waals surface area contributed by atoms with Crippen molar-refractivity contribution in [2.75, 3.05) is 19.6 Å². The molecule has 0 bridgehead atoms. The van der Waals surface area contributed by atoms with Gasteiger partial charge in [0.15, 0.2) is 0 Å². The van der Waals surface area contributed by atoms with Crippen LogP contribution in [0.1, 0.15) is 18.4 Å². The van der Waals surface area contributed by atoms with Gasteiger partial charge in [-0.1, -0.05) is 6.07 Å². The zero-order chi connectivity index (χ0) is 14.5. The van der Waals surface area contributed by atoms with Gasteiger partial charge in [0, 0.05) is 50.8 Å². The average Bonchev–Trinajstić information content (AvgIpc) is 3.02. The van der Waals surface area contributed by atoms with E-state index >= 15 is 0 Å². The molecule has 1 aliphatic heterocycles. The summed E-state index contributed by atoms with van der Waals surface area (Å²) in [6.45, 7) is 6.29. The Morgan fingerprint density at radius 3 is 2.76 bits per heavy atom. The summed E-state index contributed by atoms with van der Waals surface area (Å²) in [5.41, 5.74) is 1.16. The lowest BCUT2D eigenvalue weighted by Crippen LogP contribution is -2.39. The number of imidazole rings is 1. The number of ether oxygens (including phenoxy) is 1. The van der Waals surface area contributed by atoms with Crippen molar-refractivity contribution >= 4 is 0 Å². The second-order valence-electron chi connectivity index (χ2n) is 5.63. The van der Waals surface area contributed by atoms with Gasteiger partial charge in [-0.2, -0.15) is 0 Å². The molecule has 5 heteroatoms. The third kappa shape index (κ3) is 4.04. The van der Waals surface area contributed by atoms with Crippen molar-refractivity contribution in [2.45, 2.75) is 32.4 Å². The minimum absolute atomic E-state index is 0.296. The van der Waals surface area contributed by atoms with E-state index in [1.54, 1.807) is 0 Å². The lowest BCUT2D eigenvalue weighted by Gasteiger charge is -2.31. The van der Waals surface area contributed by atoms with Crippen LogP contribution in [0, 0.1) is 6.92 Å². The monoisotopic (exact) mass is 286 g/mol. The molecule has 5 nitrogen and oxygen atoms in total. The molecule has 3 heterocycles.